The summed E-state index contributed by atoms with van der Waals surface area (Å²) in [4.78, 5) is 11.1. The number of hydrogen-bond donors (Lipinski definition) is 1. The molecule has 2 N–H and O–H groups in total. The Bertz CT molecular complexity index is 780. The number of benzene rings is 1. The van der Waals surface area contributed by atoms with Gasteiger partial charge in [0.25, 0.3) is 0 Å². The maximum absolute atomic E-state index is 6.12. The van der Waals surface area contributed by atoms with Crippen LogP contribution in [-0.2, 0) is 13.0 Å². The van der Waals surface area contributed by atoms with Crippen molar-refractivity contribution in [3.8, 4) is 0 Å². The molecule has 5 heteroatoms. The van der Waals surface area contributed by atoms with Gasteiger partial charge in [0.1, 0.15) is 12.1 Å². The fourth-order valence-electron chi connectivity index (χ4n) is 2.79. The van der Waals surface area contributed by atoms with Crippen molar-refractivity contribution >= 4 is 33.1 Å². The molecule has 0 aliphatic carbocycles. The van der Waals surface area contributed by atoms with Crippen LogP contribution in [0.1, 0.15) is 11.1 Å². The molecule has 0 saturated heterocycles. The number of aromatic nitrogens is 2. The van der Waals surface area contributed by atoms with Crippen molar-refractivity contribution in [1.29, 1.82) is 0 Å². The molecule has 1 aliphatic rings. The number of fused-ring (bicyclic) bond motifs is 2. The topological polar surface area (TPSA) is 55.0 Å². The van der Waals surface area contributed by atoms with E-state index in [1.165, 1.54) is 11.1 Å². The Morgan fingerprint density at radius 1 is 1.20 bits per heavy atom. The zero-order chi connectivity index (χ0) is 13.5. The van der Waals surface area contributed by atoms with Gasteiger partial charge in [-0.3, -0.25) is 0 Å². The molecule has 3 aromatic rings. The molecule has 0 radical (unpaired) electrons. The number of thiophene rings is 1. The minimum absolute atomic E-state index is 0.825. The zero-order valence-electron chi connectivity index (χ0n) is 10.9. The summed E-state index contributed by atoms with van der Waals surface area (Å²) in [5.74, 6) is 1.03. The smallest absolute Gasteiger partial charge is 0.150 e. The first kappa shape index (κ1) is 11.7. The predicted molar refractivity (Wildman–Crippen MR) is 83.0 cm³/mol. The normalized spacial score (nSPS) is 14.5. The van der Waals surface area contributed by atoms with Crippen LogP contribution >= 0.6 is 11.3 Å². The molecule has 0 unspecified atom stereocenters. The zero-order valence-corrected chi connectivity index (χ0v) is 11.7. The third kappa shape index (κ3) is 1.74. The standard InChI is InChI=1S/C15H14N4S/c16-12-3-1-2-10-4-6-19(8-11(10)12)15-14-13(5-7-20-14)17-9-18-15/h1-3,5,7,9H,4,6,8,16H2. The van der Waals surface area contributed by atoms with E-state index in [1.54, 1.807) is 17.7 Å². The van der Waals surface area contributed by atoms with E-state index in [4.69, 9.17) is 5.73 Å². The van der Waals surface area contributed by atoms with Crippen LogP contribution in [0.3, 0.4) is 0 Å². The molecule has 1 aromatic carbocycles. The fraction of sp³-hybridized carbons (Fsp3) is 0.200. The Morgan fingerprint density at radius 2 is 2.15 bits per heavy atom. The second-order valence-electron chi connectivity index (χ2n) is 4.99. The second kappa shape index (κ2) is 4.45. The van der Waals surface area contributed by atoms with Gasteiger partial charge in [0, 0.05) is 18.8 Å². The molecule has 4 nitrogen and oxygen atoms in total. The van der Waals surface area contributed by atoms with Crippen LogP contribution in [0, 0.1) is 0 Å². The Balaban J connectivity index is 1.78. The number of anilines is 2. The van der Waals surface area contributed by atoms with Gasteiger partial charge in [-0.05, 0) is 35.1 Å². The average Bonchev–Trinajstić information content (AvgIpc) is 2.96. The van der Waals surface area contributed by atoms with Crippen LogP contribution in [0.15, 0.2) is 36.0 Å². The molecule has 0 atom stereocenters. The number of hydrogen-bond acceptors (Lipinski definition) is 5. The molecule has 1 aliphatic heterocycles. The average molecular weight is 282 g/mol. The molecule has 0 saturated carbocycles. The van der Waals surface area contributed by atoms with E-state index in [2.05, 4.69) is 26.3 Å². The number of nitrogens with two attached hydrogens (primary N) is 1. The third-order valence-corrected chi connectivity index (χ3v) is 4.73. The molecule has 100 valence electrons. The highest BCUT2D eigenvalue weighted by molar-refractivity contribution is 7.17. The summed E-state index contributed by atoms with van der Waals surface area (Å²) in [5.41, 5.74) is 10.6. The van der Waals surface area contributed by atoms with E-state index in [1.807, 2.05) is 18.2 Å². The number of rotatable bonds is 1. The summed E-state index contributed by atoms with van der Waals surface area (Å²) in [6, 6.07) is 8.22. The maximum Gasteiger partial charge on any atom is 0.150 e. The molecular formula is C15H14N4S. The number of nitrogen functional groups attached to an aromatic ring is 1. The Labute approximate surface area is 120 Å². The number of nitrogens with zero attached hydrogens (tertiary/aromatic N) is 3. The minimum atomic E-state index is 0.825. The lowest BCUT2D eigenvalue weighted by atomic mass is 9.98. The highest BCUT2D eigenvalue weighted by atomic mass is 32.1. The van der Waals surface area contributed by atoms with Gasteiger partial charge in [0.15, 0.2) is 0 Å². The molecular weight excluding hydrogens is 268 g/mol. The summed E-state index contributed by atoms with van der Waals surface area (Å²) in [6.07, 6.45) is 2.66. The highest BCUT2D eigenvalue weighted by Gasteiger charge is 2.21. The van der Waals surface area contributed by atoms with E-state index < -0.39 is 0 Å². The van der Waals surface area contributed by atoms with E-state index in [0.29, 0.717) is 0 Å². The van der Waals surface area contributed by atoms with Crippen molar-refractivity contribution in [2.75, 3.05) is 17.2 Å². The van der Waals surface area contributed by atoms with Gasteiger partial charge in [-0.2, -0.15) is 0 Å². The van der Waals surface area contributed by atoms with E-state index in [0.717, 1.165) is 41.2 Å². The second-order valence-corrected chi connectivity index (χ2v) is 5.90. The van der Waals surface area contributed by atoms with Gasteiger partial charge in [0.05, 0.1) is 10.2 Å². The van der Waals surface area contributed by atoms with Gasteiger partial charge in [-0.25, -0.2) is 9.97 Å². The third-order valence-electron chi connectivity index (χ3n) is 3.83. The summed E-state index contributed by atoms with van der Waals surface area (Å²) >= 11 is 1.70. The van der Waals surface area contributed by atoms with Crippen LogP contribution in [0.25, 0.3) is 10.2 Å². The lowest BCUT2D eigenvalue weighted by Gasteiger charge is -2.30. The summed E-state index contributed by atoms with van der Waals surface area (Å²) < 4.78 is 1.16. The molecule has 0 fully saturated rings. The minimum Gasteiger partial charge on any atom is -0.398 e. The Morgan fingerprint density at radius 3 is 3.10 bits per heavy atom. The van der Waals surface area contributed by atoms with Crippen LogP contribution in [0.4, 0.5) is 11.5 Å². The first-order chi connectivity index (χ1) is 9.83. The van der Waals surface area contributed by atoms with Gasteiger partial charge in [-0.15, -0.1) is 11.3 Å². The molecule has 0 spiro atoms. The monoisotopic (exact) mass is 282 g/mol. The van der Waals surface area contributed by atoms with Crippen molar-refractivity contribution in [1.82, 2.24) is 9.97 Å². The molecule has 3 heterocycles. The van der Waals surface area contributed by atoms with Crippen molar-refractivity contribution in [2.45, 2.75) is 13.0 Å². The molecule has 2 aromatic heterocycles. The van der Waals surface area contributed by atoms with Gasteiger partial charge in [-0.1, -0.05) is 12.1 Å². The summed E-state index contributed by atoms with van der Waals surface area (Å²) in [5, 5.41) is 2.06. The highest BCUT2D eigenvalue weighted by Crippen LogP contribution is 2.32. The van der Waals surface area contributed by atoms with Crippen molar-refractivity contribution in [2.24, 2.45) is 0 Å². The molecule has 4 rings (SSSR count). The van der Waals surface area contributed by atoms with E-state index in [-0.39, 0.29) is 0 Å². The Hall–Kier alpha value is -2.14. The molecule has 0 amide bonds. The lowest BCUT2D eigenvalue weighted by Crippen LogP contribution is -2.31. The maximum atomic E-state index is 6.12. The summed E-state index contributed by atoms with van der Waals surface area (Å²) in [7, 11) is 0. The van der Waals surface area contributed by atoms with E-state index >= 15 is 0 Å². The molecule has 20 heavy (non-hydrogen) atoms. The SMILES string of the molecule is Nc1cccc2c1CN(c1ncnc3ccsc13)CC2. The first-order valence-electron chi connectivity index (χ1n) is 6.62. The summed E-state index contributed by atoms with van der Waals surface area (Å²) in [6.45, 7) is 1.80. The van der Waals surface area contributed by atoms with Crippen molar-refractivity contribution < 1.29 is 0 Å². The van der Waals surface area contributed by atoms with E-state index in [9.17, 15) is 0 Å². The predicted octanol–water partition coefficient (Wildman–Crippen LogP) is 2.84. The first-order valence-corrected chi connectivity index (χ1v) is 7.50. The largest absolute Gasteiger partial charge is 0.398 e. The van der Waals surface area contributed by atoms with Crippen molar-refractivity contribution in [3.63, 3.8) is 0 Å². The lowest BCUT2D eigenvalue weighted by molar-refractivity contribution is 0.725. The fourth-order valence-corrected chi connectivity index (χ4v) is 3.65. The Kier molecular flexibility index (Phi) is 2.60. The molecule has 0 bridgehead atoms. The van der Waals surface area contributed by atoms with Crippen LogP contribution in [0.5, 0.6) is 0 Å². The van der Waals surface area contributed by atoms with Gasteiger partial charge >= 0.3 is 0 Å². The van der Waals surface area contributed by atoms with Gasteiger partial charge < -0.3 is 10.6 Å². The van der Waals surface area contributed by atoms with Crippen LogP contribution in [0.2, 0.25) is 0 Å². The quantitative estimate of drug-likeness (QED) is 0.697. The van der Waals surface area contributed by atoms with Crippen LogP contribution < -0.4 is 10.6 Å². The van der Waals surface area contributed by atoms with Gasteiger partial charge in [0.2, 0.25) is 0 Å². The van der Waals surface area contributed by atoms with Crippen LogP contribution in [-0.4, -0.2) is 16.5 Å². The van der Waals surface area contributed by atoms with Crippen molar-refractivity contribution in [3.05, 3.63) is 47.1 Å².